The molecule has 7 atom stereocenters. The van der Waals surface area contributed by atoms with Crippen LogP contribution in [0.5, 0.6) is 0 Å². The maximum Gasteiger partial charge on any atom is 0.326 e. The number of nitrogens with two attached hydrogens (primary N) is 1. The largest absolute Gasteiger partial charge is 0.480 e. The van der Waals surface area contributed by atoms with E-state index in [1.165, 1.54) is 13.8 Å². The van der Waals surface area contributed by atoms with Crippen molar-refractivity contribution in [3.63, 3.8) is 0 Å². The highest BCUT2D eigenvalue weighted by Gasteiger charge is 2.34. The number of benzene rings is 1. The molecule has 0 bridgehead atoms. The van der Waals surface area contributed by atoms with Gasteiger partial charge in [0.1, 0.15) is 24.2 Å². The molecular formula is C29H44N6O6. The van der Waals surface area contributed by atoms with Crippen molar-refractivity contribution >= 4 is 40.5 Å². The van der Waals surface area contributed by atoms with E-state index < -0.39 is 59.8 Å². The fourth-order valence-corrected chi connectivity index (χ4v) is 4.32. The molecule has 7 unspecified atom stereocenters. The molecular weight excluding hydrogens is 528 g/mol. The first-order chi connectivity index (χ1) is 19.3. The van der Waals surface area contributed by atoms with E-state index in [1.54, 1.807) is 20.0 Å². The molecule has 2 rings (SSSR count). The number of carboxylic acids is 1. The number of carbonyl (C=O) groups is 5. The van der Waals surface area contributed by atoms with Gasteiger partial charge in [-0.25, -0.2) is 4.79 Å². The van der Waals surface area contributed by atoms with Crippen molar-refractivity contribution in [1.29, 1.82) is 0 Å². The number of hydrogen-bond acceptors (Lipinski definition) is 6. The van der Waals surface area contributed by atoms with Gasteiger partial charge < -0.3 is 37.1 Å². The minimum Gasteiger partial charge on any atom is -0.480 e. The Hall–Kier alpha value is -3.93. The number of amides is 4. The number of hydrogen-bond donors (Lipinski definition) is 7. The van der Waals surface area contributed by atoms with Gasteiger partial charge in [-0.1, -0.05) is 58.7 Å². The molecule has 41 heavy (non-hydrogen) atoms. The number of carboxylic acid groups (broad SMARTS) is 1. The fourth-order valence-electron chi connectivity index (χ4n) is 4.32. The lowest BCUT2D eigenvalue weighted by atomic mass is 9.94. The summed E-state index contributed by atoms with van der Waals surface area (Å²) in [7, 11) is 0. The first-order valence-corrected chi connectivity index (χ1v) is 14.0. The molecule has 1 aromatic heterocycles. The first-order valence-electron chi connectivity index (χ1n) is 14.0. The van der Waals surface area contributed by atoms with Crippen LogP contribution in [0.4, 0.5) is 0 Å². The quantitative estimate of drug-likeness (QED) is 0.166. The normalized spacial score (nSPS) is 16.4. The fraction of sp³-hybridized carbons (Fsp3) is 0.552. The zero-order chi connectivity index (χ0) is 30.9. The monoisotopic (exact) mass is 572 g/mol. The van der Waals surface area contributed by atoms with Gasteiger partial charge in [-0.3, -0.25) is 19.2 Å². The van der Waals surface area contributed by atoms with Crippen molar-refractivity contribution in [1.82, 2.24) is 26.3 Å². The summed E-state index contributed by atoms with van der Waals surface area (Å²) in [5.41, 5.74) is 7.15. The Balaban J connectivity index is 2.20. The lowest BCUT2D eigenvalue weighted by Crippen LogP contribution is -2.60. The SMILES string of the molecule is CCC(C)C(NC(=O)C(C)NC(=O)C(C)N)C(=O)NC(C(=O)NC(Cc1c[nH]c2ccccc12)C(=O)O)C(C)CC. The minimum atomic E-state index is -1.23. The lowest BCUT2D eigenvalue weighted by molar-refractivity contribution is -0.142. The highest BCUT2D eigenvalue weighted by atomic mass is 16.4. The summed E-state index contributed by atoms with van der Waals surface area (Å²) in [4.78, 5) is 66.8. The van der Waals surface area contributed by atoms with Crippen molar-refractivity contribution in [2.75, 3.05) is 0 Å². The Kier molecular flexibility index (Phi) is 12.3. The molecule has 0 aliphatic carbocycles. The standard InChI is InChI=1S/C29H44N6O6/c1-7-15(3)23(27(38)33-22(29(40)41)13-19-14-31-21-12-10-9-11-20(19)21)35-28(39)24(16(4)8-2)34-26(37)18(6)32-25(36)17(5)30/h9-12,14-18,22-24,31H,7-8,13,30H2,1-6H3,(H,32,36)(H,33,38)(H,34,37)(H,35,39)(H,40,41). The van der Waals surface area contributed by atoms with Crippen LogP contribution in [-0.2, 0) is 30.4 Å². The molecule has 12 heteroatoms. The Morgan fingerprint density at radius 3 is 1.88 bits per heavy atom. The van der Waals surface area contributed by atoms with Crippen LogP contribution < -0.4 is 27.0 Å². The number of H-pyrrole nitrogens is 1. The van der Waals surface area contributed by atoms with Crippen LogP contribution in [0.25, 0.3) is 10.9 Å². The third-order valence-electron chi connectivity index (χ3n) is 7.47. The summed E-state index contributed by atoms with van der Waals surface area (Å²) in [6, 6.07) is 2.44. The number of carbonyl (C=O) groups excluding carboxylic acids is 4. The minimum absolute atomic E-state index is 0.0445. The highest BCUT2D eigenvalue weighted by Crippen LogP contribution is 2.20. The van der Waals surface area contributed by atoms with Crippen molar-refractivity contribution in [2.24, 2.45) is 17.6 Å². The van der Waals surface area contributed by atoms with Gasteiger partial charge in [-0.15, -0.1) is 0 Å². The lowest BCUT2D eigenvalue weighted by Gasteiger charge is -2.30. The molecule has 0 fully saturated rings. The zero-order valence-corrected chi connectivity index (χ0v) is 24.6. The van der Waals surface area contributed by atoms with E-state index in [9.17, 15) is 29.1 Å². The van der Waals surface area contributed by atoms with Gasteiger partial charge in [0.15, 0.2) is 0 Å². The van der Waals surface area contributed by atoms with E-state index in [0.29, 0.717) is 12.8 Å². The molecule has 4 amide bonds. The Labute approximate surface area is 240 Å². The van der Waals surface area contributed by atoms with Gasteiger partial charge >= 0.3 is 5.97 Å². The van der Waals surface area contributed by atoms with Crippen LogP contribution in [0.1, 0.15) is 59.9 Å². The number of aromatic nitrogens is 1. The molecule has 8 N–H and O–H groups in total. The molecule has 226 valence electrons. The molecule has 1 aromatic carbocycles. The van der Waals surface area contributed by atoms with Crippen LogP contribution in [0.15, 0.2) is 30.5 Å². The highest BCUT2D eigenvalue weighted by molar-refractivity contribution is 5.95. The number of nitrogens with one attached hydrogen (secondary N) is 5. The third kappa shape index (κ3) is 9.04. The number of rotatable bonds is 15. The first kappa shape index (κ1) is 33.3. The second-order valence-corrected chi connectivity index (χ2v) is 10.7. The molecule has 0 aliphatic heterocycles. The van der Waals surface area contributed by atoms with Crippen molar-refractivity contribution in [3.8, 4) is 0 Å². The molecule has 0 spiro atoms. The predicted molar refractivity (Wildman–Crippen MR) is 156 cm³/mol. The molecule has 2 aromatic rings. The van der Waals surface area contributed by atoms with Crippen LogP contribution >= 0.6 is 0 Å². The van der Waals surface area contributed by atoms with Gasteiger partial charge in [-0.2, -0.15) is 0 Å². The molecule has 0 saturated carbocycles. The second kappa shape index (κ2) is 15.2. The van der Waals surface area contributed by atoms with Crippen LogP contribution in [0, 0.1) is 11.8 Å². The van der Waals surface area contributed by atoms with E-state index in [0.717, 1.165) is 16.5 Å². The summed E-state index contributed by atoms with van der Waals surface area (Å²) in [6.07, 6.45) is 2.84. The maximum absolute atomic E-state index is 13.5. The Bertz CT molecular complexity index is 1230. The summed E-state index contributed by atoms with van der Waals surface area (Å²) in [5, 5.41) is 21.3. The van der Waals surface area contributed by atoms with E-state index in [-0.39, 0.29) is 18.3 Å². The summed E-state index contributed by atoms with van der Waals surface area (Å²) in [6.45, 7) is 10.3. The summed E-state index contributed by atoms with van der Waals surface area (Å²) >= 11 is 0. The number of para-hydroxylation sites is 1. The van der Waals surface area contributed by atoms with E-state index in [4.69, 9.17) is 5.73 Å². The van der Waals surface area contributed by atoms with Gasteiger partial charge in [0.05, 0.1) is 6.04 Å². The second-order valence-electron chi connectivity index (χ2n) is 10.7. The van der Waals surface area contributed by atoms with E-state index in [1.807, 2.05) is 38.1 Å². The topological polar surface area (TPSA) is 196 Å². The van der Waals surface area contributed by atoms with Gasteiger partial charge in [0, 0.05) is 23.5 Å². The Morgan fingerprint density at radius 1 is 0.805 bits per heavy atom. The van der Waals surface area contributed by atoms with E-state index >= 15 is 0 Å². The van der Waals surface area contributed by atoms with Crippen LogP contribution in [0.2, 0.25) is 0 Å². The molecule has 0 saturated heterocycles. The van der Waals surface area contributed by atoms with Gasteiger partial charge in [0.2, 0.25) is 23.6 Å². The van der Waals surface area contributed by atoms with Crippen molar-refractivity contribution in [3.05, 3.63) is 36.0 Å². The Morgan fingerprint density at radius 2 is 1.34 bits per heavy atom. The average Bonchev–Trinajstić information content (AvgIpc) is 3.35. The molecule has 1 heterocycles. The van der Waals surface area contributed by atoms with E-state index in [2.05, 4.69) is 26.3 Å². The maximum atomic E-state index is 13.5. The van der Waals surface area contributed by atoms with Crippen LogP contribution in [0.3, 0.4) is 0 Å². The number of aromatic amines is 1. The molecule has 12 nitrogen and oxygen atoms in total. The predicted octanol–water partition coefficient (Wildman–Crippen LogP) is 1.19. The zero-order valence-electron chi connectivity index (χ0n) is 24.6. The summed E-state index contributed by atoms with van der Waals surface area (Å²) < 4.78 is 0. The molecule has 0 aliphatic rings. The average molecular weight is 573 g/mol. The number of aliphatic carboxylic acids is 1. The van der Waals surface area contributed by atoms with Crippen molar-refractivity contribution in [2.45, 2.75) is 91.0 Å². The smallest absolute Gasteiger partial charge is 0.326 e. The summed E-state index contributed by atoms with van der Waals surface area (Å²) in [5.74, 6) is -4.14. The number of fused-ring (bicyclic) bond motifs is 1. The van der Waals surface area contributed by atoms with Gasteiger partial charge in [0.25, 0.3) is 0 Å². The van der Waals surface area contributed by atoms with Crippen molar-refractivity contribution < 1.29 is 29.1 Å². The molecule has 0 radical (unpaired) electrons. The third-order valence-corrected chi connectivity index (χ3v) is 7.47. The van der Waals surface area contributed by atoms with Crippen LogP contribution in [-0.4, -0.2) is 69.9 Å². The van der Waals surface area contributed by atoms with Gasteiger partial charge in [-0.05, 0) is 37.3 Å².